The number of H-pyrrole nitrogens is 1. The summed E-state index contributed by atoms with van der Waals surface area (Å²) in [6, 6.07) is 13.3. The van der Waals surface area contributed by atoms with E-state index in [9.17, 15) is 9.59 Å². The molecule has 1 saturated heterocycles. The molecule has 8 heteroatoms. The van der Waals surface area contributed by atoms with Gasteiger partial charge in [0.25, 0.3) is 11.5 Å². The van der Waals surface area contributed by atoms with Crippen LogP contribution in [0.3, 0.4) is 0 Å². The first kappa shape index (κ1) is 24.1. The zero-order valence-corrected chi connectivity index (χ0v) is 20.4. The van der Waals surface area contributed by atoms with Crippen molar-refractivity contribution in [3.8, 4) is 0 Å². The van der Waals surface area contributed by atoms with Crippen LogP contribution in [0, 0.1) is 4.77 Å². The zero-order valence-electron chi connectivity index (χ0n) is 19.5. The average molecular weight is 478 g/mol. The molecule has 0 saturated carbocycles. The molecule has 4 rings (SSSR count). The Kier molecular flexibility index (Phi) is 7.72. The van der Waals surface area contributed by atoms with E-state index in [1.54, 1.807) is 24.3 Å². The standard InChI is InChI=1S/C26H31N5O2S/c1-3-11-31-25(33)22-10-9-19(16-23(22)28-26(31)34)24(32)27-17-20-7-5-6-8-21(20)18-30-14-12-29(4-2)13-15-30/h3,5-10,16H,1,4,11-15,17-18H2,2H3,(H,27,32)(H,28,34). The van der Waals surface area contributed by atoms with Gasteiger partial charge in [0, 0.05) is 51.4 Å². The molecule has 0 unspecified atom stereocenters. The number of benzene rings is 2. The van der Waals surface area contributed by atoms with E-state index < -0.39 is 0 Å². The highest BCUT2D eigenvalue weighted by molar-refractivity contribution is 7.71. The minimum Gasteiger partial charge on any atom is -0.348 e. The molecule has 178 valence electrons. The fourth-order valence-electron chi connectivity index (χ4n) is 4.36. The number of likely N-dealkylation sites (N-methyl/N-ethyl adjacent to an activating group) is 1. The molecule has 1 aromatic heterocycles. The number of carbonyl (C=O) groups excluding carboxylic acids is 1. The number of hydrogen-bond acceptors (Lipinski definition) is 5. The second-order valence-electron chi connectivity index (χ2n) is 8.56. The van der Waals surface area contributed by atoms with Crippen LogP contribution >= 0.6 is 12.2 Å². The molecule has 1 aliphatic rings. The van der Waals surface area contributed by atoms with Crippen molar-refractivity contribution in [2.75, 3.05) is 32.7 Å². The second kappa shape index (κ2) is 10.9. The van der Waals surface area contributed by atoms with Crippen LogP contribution in [0.2, 0.25) is 0 Å². The Bertz CT molecular complexity index is 1300. The first-order chi connectivity index (χ1) is 16.5. The molecule has 0 spiro atoms. The van der Waals surface area contributed by atoms with Crippen LogP contribution in [0.1, 0.15) is 28.4 Å². The van der Waals surface area contributed by atoms with E-state index in [0.29, 0.717) is 34.3 Å². The lowest BCUT2D eigenvalue weighted by Crippen LogP contribution is -2.45. The topological polar surface area (TPSA) is 73.4 Å². The molecule has 1 fully saturated rings. The SMILES string of the molecule is C=CCn1c(=S)[nH]c2cc(C(=O)NCc3ccccc3CN3CCN(CC)CC3)ccc2c1=O. The monoisotopic (exact) mass is 477 g/mol. The van der Waals surface area contributed by atoms with Gasteiger partial charge in [-0.1, -0.05) is 37.3 Å². The van der Waals surface area contributed by atoms with Crippen molar-refractivity contribution in [1.82, 2.24) is 24.7 Å². The summed E-state index contributed by atoms with van der Waals surface area (Å²) in [6.07, 6.45) is 1.63. The summed E-state index contributed by atoms with van der Waals surface area (Å²) in [5.74, 6) is -0.192. The van der Waals surface area contributed by atoms with Crippen LogP contribution in [-0.2, 0) is 19.6 Å². The van der Waals surface area contributed by atoms with Crippen LogP contribution in [0.15, 0.2) is 59.9 Å². The maximum atomic E-state index is 12.9. The normalized spacial score (nSPS) is 14.9. The summed E-state index contributed by atoms with van der Waals surface area (Å²) in [6.45, 7) is 12.9. The molecule has 0 bridgehead atoms. The molecule has 1 amide bonds. The third-order valence-electron chi connectivity index (χ3n) is 6.42. The number of aromatic nitrogens is 2. The van der Waals surface area contributed by atoms with E-state index in [2.05, 4.69) is 45.7 Å². The summed E-state index contributed by atoms with van der Waals surface area (Å²) >= 11 is 5.30. The number of piperazine rings is 1. The molecule has 2 aromatic carbocycles. The van der Waals surface area contributed by atoms with Gasteiger partial charge in [0.15, 0.2) is 4.77 Å². The van der Waals surface area contributed by atoms with Gasteiger partial charge in [-0.25, -0.2) is 0 Å². The summed E-state index contributed by atoms with van der Waals surface area (Å²) in [4.78, 5) is 33.6. The van der Waals surface area contributed by atoms with Crippen LogP contribution < -0.4 is 10.9 Å². The third kappa shape index (κ3) is 5.35. The van der Waals surface area contributed by atoms with Crippen LogP contribution in [0.5, 0.6) is 0 Å². The number of nitrogens with one attached hydrogen (secondary N) is 2. The summed E-state index contributed by atoms with van der Waals surface area (Å²) in [5.41, 5.74) is 3.18. The quantitative estimate of drug-likeness (QED) is 0.385. The Balaban J connectivity index is 1.46. The molecular weight excluding hydrogens is 446 g/mol. The molecule has 2 heterocycles. The van der Waals surface area contributed by atoms with Crippen molar-refractivity contribution in [3.05, 3.63) is 86.9 Å². The summed E-state index contributed by atoms with van der Waals surface area (Å²) in [5, 5.41) is 3.52. The first-order valence-electron chi connectivity index (χ1n) is 11.7. The van der Waals surface area contributed by atoms with E-state index in [-0.39, 0.29) is 11.5 Å². The van der Waals surface area contributed by atoms with Gasteiger partial charge < -0.3 is 15.2 Å². The van der Waals surface area contributed by atoms with Crippen LogP contribution in [-0.4, -0.2) is 58.0 Å². The van der Waals surface area contributed by atoms with Crippen molar-refractivity contribution in [1.29, 1.82) is 0 Å². The van der Waals surface area contributed by atoms with E-state index >= 15 is 0 Å². The molecule has 1 aliphatic heterocycles. The van der Waals surface area contributed by atoms with Gasteiger partial charge in [-0.05, 0) is 48.1 Å². The predicted molar refractivity (Wildman–Crippen MR) is 139 cm³/mol. The molecule has 7 nitrogen and oxygen atoms in total. The number of aromatic amines is 1. The van der Waals surface area contributed by atoms with Gasteiger partial charge in [0.1, 0.15) is 0 Å². The second-order valence-corrected chi connectivity index (χ2v) is 8.94. The van der Waals surface area contributed by atoms with Crippen molar-refractivity contribution in [2.45, 2.75) is 26.6 Å². The highest BCUT2D eigenvalue weighted by atomic mass is 32.1. The number of amides is 1. The smallest absolute Gasteiger partial charge is 0.262 e. The van der Waals surface area contributed by atoms with Crippen LogP contribution in [0.4, 0.5) is 0 Å². The number of fused-ring (bicyclic) bond motifs is 1. The predicted octanol–water partition coefficient (Wildman–Crippen LogP) is 3.31. The molecule has 34 heavy (non-hydrogen) atoms. The van der Waals surface area contributed by atoms with Crippen LogP contribution in [0.25, 0.3) is 10.9 Å². The van der Waals surface area contributed by atoms with Gasteiger partial charge >= 0.3 is 0 Å². The lowest BCUT2D eigenvalue weighted by atomic mass is 10.1. The van der Waals surface area contributed by atoms with Gasteiger partial charge in [-0.15, -0.1) is 6.58 Å². The maximum Gasteiger partial charge on any atom is 0.262 e. The largest absolute Gasteiger partial charge is 0.348 e. The highest BCUT2D eigenvalue weighted by Gasteiger charge is 2.17. The lowest BCUT2D eigenvalue weighted by molar-refractivity contribution is 0.0950. The maximum absolute atomic E-state index is 12.9. The van der Waals surface area contributed by atoms with E-state index in [1.165, 1.54) is 10.1 Å². The summed E-state index contributed by atoms with van der Waals surface area (Å²) < 4.78 is 1.76. The van der Waals surface area contributed by atoms with Crippen molar-refractivity contribution in [2.24, 2.45) is 0 Å². The third-order valence-corrected chi connectivity index (χ3v) is 6.74. The molecule has 0 atom stereocenters. The van der Waals surface area contributed by atoms with Gasteiger partial charge in [0.05, 0.1) is 10.9 Å². The van der Waals surface area contributed by atoms with E-state index in [4.69, 9.17) is 12.2 Å². The molecular formula is C26H31N5O2S. The number of allylic oxidation sites excluding steroid dienone is 1. The van der Waals surface area contributed by atoms with Gasteiger partial charge in [-0.2, -0.15) is 0 Å². The lowest BCUT2D eigenvalue weighted by Gasteiger charge is -2.34. The van der Waals surface area contributed by atoms with E-state index in [0.717, 1.165) is 44.8 Å². The first-order valence-corrected chi connectivity index (χ1v) is 12.1. The average Bonchev–Trinajstić information content (AvgIpc) is 2.86. The van der Waals surface area contributed by atoms with Gasteiger partial charge in [-0.3, -0.25) is 19.1 Å². The Morgan fingerprint density at radius 2 is 1.82 bits per heavy atom. The fraction of sp³-hybridized carbons (Fsp3) is 0.346. The Morgan fingerprint density at radius 3 is 2.53 bits per heavy atom. The van der Waals surface area contributed by atoms with Gasteiger partial charge in [0.2, 0.25) is 0 Å². The fourth-order valence-corrected chi connectivity index (χ4v) is 4.62. The minimum atomic E-state index is -0.195. The minimum absolute atomic E-state index is 0.192. The van der Waals surface area contributed by atoms with Crippen molar-refractivity contribution < 1.29 is 4.79 Å². The molecule has 0 radical (unpaired) electrons. The Morgan fingerprint density at radius 1 is 1.12 bits per heavy atom. The van der Waals surface area contributed by atoms with Crippen molar-refractivity contribution >= 4 is 29.0 Å². The Hall–Kier alpha value is -3.07. The summed E-state index contributed by atoms with van der Waals surface area (Å²) in [7, 11) is 0. The Labute approximate surface area is 204 Å². The number of rotatable bonds is 8. The molecule has 2 N–H and O–H groups in total. The number of hydrogen-bond donors (Lipinski definition) is 2. The number of nitrogens with zero attached hydrogens (tertiary/aromatic N) is 3. The number of carbonyl (C=O) groups is 1. The zero-order chi connectivity index (χ0) is 24.1. The molecule has 0 aliphatic carbocycles. The van der Waals surface area contributed by atoms with Crippen molar-refractivity contribution in [3.63, 3.8) is 0 Å². The van der Waals surface area contributed by atoms with E-state index in [1.807, 2.05) is 12.1 Å². The molecule has 3 aromatic rings. The highest BCUT2D eigenvalue weighted by Crippen LogP contribution is 2.15.